The number of fused-ring (bicyclic) bond motifs is 4. The SMILES string of the molecule is CC1(C)[C@@H]2Cc3cccc4[nH]cc(c34)[C@@H]2[C@H]2C(=O)/C(=C(/O)C3CCCCC3)C(=O)N21. The van der Waals surface area contributed by atoms with Gasteiger partial charge in [-0.3, -0.25) is 9.59 Å². The van der Waals surface area contributed by atoms with Gasteiger partial charge in [0.25, 0.3) is 5.91 Å². The number of allylic oxidation sites excluding steroid dienone is 1. The molecule has 2 saturated heterocycles. The van der Waals surface area contributed by atoms with Crippen LogP contribution >= 0.6 is 0 Å². The third kappa shape index (κ3) is 2.13. The molecular formula is C25H28N2O3. The average Bonchev–Trinajstić information content (AvgIpc) is 3.35. The quantitative estimate of drug-likeness (QED) is 0.421. The summed E-state index contributed by atoms with van der Waals surface area (Å²) in [4.78, 5) is 32.4. The molecule has 2 aliphatic heterocycles. The highest BCUT2D eigenvalue weighted by Crippen LogP contribution is 2.57. The van der Waals surface area contributed by atoms with Crippen molar-refractivity contribution in [2.75, 3.05) is 0 Å². The van der Waals surface area contributed by atoms with Crippen LogP contribution in [0.2, 0.25) is 0 Å². The highest BCUT2D eigenvalue weighted by molar-refractivity contribution is 6.28. The maximum absolute atomic E-state index is 13.7. The van der Waals surface area contributed by atoms with E-state index in [1.807, 2.05) is 11.1 Å². The number of Topliss-reactive ketones (excluding diaryl/α,β-unsaturated/α-hetero) is 1. The molecular weight excluding hydrogens is 376 g/mol. The Morgan fingerprint density at radius 1 is 1.17 bits per heavy atom. The minimum atomic E-state index is -0.509. The molecule has 1 aromatic carbocycles. The van der Waals surface area contributed by atoms with E-state index in [-0.39, 0.29) is 40.8 Å². The van der Waals surface area contributed by atoms with Crippen molar-refractivity contribution >= 4 is 22.6 Å². The Hall–Kier alpha value is -2.56. The van der Waals surface area contributed by atoms with Gasteiger partial charge in [-0.1, -0.05) is 31.4 Å². The average molecular weight is 405 g/mol. The van der Waals surface area contributed by atoms with Gasteiger partial charge in [0.2, 0.25) is 0 Å². The van der Waals surface area contributed by atoms with E-state index >= 15 is 0 Å². The van der Waals surface area contributed by atoms with Gasteiger partial charge in [-0.2, -0.15) is 0 Å². The topological polar surface area (TPSA) is 73.4 Å². The van der Waals surface area contributed by atoms with Gasteiger partial charge in [0.05, 0.1) is 0 Å². The molecule has 2 N–H and O–H groups in total. The third-order valence-corrected chi connectivity index (χ3v) is 8.40. The number of aliphatic hydroxyl groups excluding tert-OH is 1. The van der Waals surface area contributed by atoms with Crippen LogP contribution in [0.4, 0.5) is 0 Å². The number of benzene rings is 1. The fourth-order valence-electron chi connectivity index (χ4n) is 6.94. The molecule has 4 aliphatic rings. The van der Waals surface area contributed by atoms with E-state index in [2.05, 4.69) is 37.0 Å². The molecule has 0 spiro atoms. The molecule has 1 amide bonds. The van der Waals surface area contributed by atoms with E-state index in [0.717, 1.165) is 49.6 Å². The Bertz CT molecular complexity index is 1120. The predicted molar refractivity (Wildman–Crippen MR) is 114 cm³/mol. The molecule has 0 unspecified atom stereocenters. The zero-order valence-corrected chi connectivity index (χ0v) is 17.6. The lowest BCUT2D eigenvalue weighted by Crippen LogP contribution is -2.46. The van der Waals surface area contributed by atoms with E-state index in [4.69, 9.17) is 0 Å². The van der Waals surface area contributed by atoms with Crippen LogP contribution in [0.1, 0.15) is 63.0 Å². The van der Waals surface area contributed by atoms with Gasteiger partial charge in [-0.05, 0) is 56.2 Å². The maximum atomic E-state index is 13.7. The van der Waals surface area contributed by atoms with E-state index in [1.165, 1.54) is 10.9 Å². The van der Waals surface area contributed by atoms with Crippen LogP contribution in [0, 0.1) is 11.8 Å². The van der Waals surface area contributed by atoms with E-state index < -0.39 is 11.6 Å². The van der Waals surface area contributed by atoms with Gasteiger partial charge in [0.15, 0.2) is 5.78 Å². The molecule has 1 saturated carbocycles. The van der Waals surface area contributed by atoms with E-state index in [0.29, 0.717) is 0 Å². The molecule has 2 aliphatic carbocycles. The Morgan fingerprint density at radius 3 is 2.70 bits per heavy atom. The van der Waals surface area contributed by atoms with Crippen LogP contribution in [0.3, 0.4) is 0 Å². The molecule has 5 nitrogen and oxygen atoms in total. The van der Waals surface area contributed by atoms with Crippen molar-refractivity contribution in [3.8, 4) is 0 Å². The number of amides is 1. The minimum Gasteiger partial charge on any atom is -0.511 e. The van der Waals surface area contributed by atoms with Gasteiger partial charge in [0, 0.05) is 34.5 Å². The summed E-state index contributed by atoms with van der Waals surface area (Å²) in [5.41, 5.74) is 3.16. The fourth-order valence-corrected chi connectivity index (χ4v) is 6.94. The number of hydrogen-bond acceptors (Lipinski definition) is 3. The first-order chi connectivity index (χ1) is 14.4. The second kappa shape index (κ2) is 5.99. The van der Waals surface area contributed by atoms with Crippen molar-refractivity contribution in [3.05, 3.63) is 46.9 Å². The number of carbonyl (C=O) groups excluding carboxylic acids is 2. The summed E-state index contributed by atoms with van der Waals surface area (Å²) in [6.07, 6.45) is 7.88. The molecule has 2 aromatic rings. The molecule has 1 aromatic heterocycles. The Morgan fingerprint density at radius 2 is 1.93 bits per heavy atom. The van der Waals surface area contributed by atoms with Crippen LogP contribution in [-0.4, -0.2) is 38.3 Å². The van der Waals surface area contributed by atoms with Crippen molar-refractivity contribution < 1.29 is 14.7 Å². The van der Waals surface area contributed by atoms with Crippen molar-refractivity contribution in [2.24, 2.45) is 11.8 Å². The summed E-state index contributed by atoms with van der Waals surface area (Å²) in [7, 11) is 0. The lowest BCUT2D eigenvalue weighted by molar-refractivity contribution is -0.130. The molecule has 156 valence electrons. The Labute approximate surface area is 176 Å². The highest BCUT2D eigenvalue weighted by atomic mass is 16.3. The Kier molecular flexibility index (Phi) is 3.64. The van der Waals surface area contributed by atoms with Gasteiger partial charge < -0.3 is 15.0 Å². The summed E-state index contributed by atoms with van der Waals surface area (Å²) < 4.78 is 0. The number of H-pyrrole nitrogens is 1. The number of aliphatic hydroxyl groups is 1. The fraction of sp³-hybridized carbons (Fsp3) is 0.520. The lowest BCUT2D eigenvalue weighted by atomic mass is 9.68. The van der Waals surface area contributed by atoms with Crippen LogP contribution in [0.5, 0.6) is 0 Å². The normalized spacial score (nSPS) is 31.9. The molecule has 3 heterocycles. The van der Waals surface area contributed by atoms with Crippen molar-refractivity contribution in [2.45, 2.75) is 69.9 Å². The van der Waals surface area contributed by atoms with Crippen molar-refractivity contribution in [1.29, 1.82) is 0 Å². The van der Waals surface area contributed by atoms with Crippen molar-refractivity contribution in [1.82, 2.24) is 9.88 Å². The molecule has 5 heteroatoms. The zero-order chi connectivity index (χ0) is 20.8. The largest absolute Gasteiger partial charge is 0.511 e. The number of aromatic nitrogens is 1. The summed E-state index contributed by atoms with van der Waals surface area (Å²) in [6, 6.07) is 5.80. The van der Waals surface area contributed by atoms with Gasteiger partial charge >= 0.3 is 0 Å². The second-order valence-electron chi connectivity index (χ2n) is 10.2. The van der Waals surface area contributed by atoms with E-state index in [9.17, 15) is 14.7 Å². The zero-order valence-electron chi connectivity index (χ0n) is 17.6. The molecule has 3 fully saturated rings. The Balaban J connectivity index is 1.50. The lowest BCUT2D eigenvalue weighted by Gasteiger charge is -2.37. The van der Waals surface area contributed by atoms with Crippen LogP contribution < -0.4 is 0 Å². The van der Waals surface area contributed by atoms with Crippen LogP contribution in [-0.2, 0) is 16.0 Å². The van der Waals surface area contributed by atoms with E-state index in [1.54, 1.807) is 0 Å². The highest BCUT2D eigenvalue weighted by Gasteiger charge is 2.65. The van der Waals surface area contributed by atoms with Gasteiger partial charge in [0.1, 0.15) is 17.4 Å². The third-order valence-electron chi connectivity index (χ3n) is 8.40. The van der Waals surface area contributed by atoms with Gasteiger partial charge in [-0.15, -0.1) is 0 Å². The van der Waals surface area contributed by atoms with Crippen LogP contribution in [0.15, 0.2) is 35.7 Å². The minimum absolute atomic E-state index is 0.0308. The first-order valence-corrected chi connectivity index (χ1v) is 11.3. The van der Waals surface area contributed by atoms with Crippen molar-refractivity contribution in [3.63, 3.8) is 0 Å². The summed E-state index contributed by atoms with van der Waals surface area (Å²) in [5.74, 6) is -0.270. The summed E-state index contributed by atoms with van der Waals surface area (Å²) in [5, 5.41) is 12.2. The maximum Gasteiger partial charge on any atom is 0.262 e. The smallest absolute Gasteiger partial charge is 0.262 e. The first-order valence-electron chi connectivity index (χ1n) is 11.3. The number of rotatable bonds is 1. The van der Waals surface area contributed by atoms with Crippen LogP contribution in [0.25, 0.3) is 10.9 Å². The number of carbonyl (C=O) groups is 2. The number of hydrogen-bond donors (Lipinski definition) is 2. The number of nitrogens with zero attached hydrogens (tertiary/aromatic N) is 1. The first kappa shape index (κ1) is 18.2. The molecule has 6 rings (SSSR count). The summed E-state index contributed by atoms with van der Waals surface area (Å²) in [6.45, 7) is 4.18. The number of ketones is 1. The molecule has 30 heavy (non-hydrogen) atoms. The predicted octanol–water partition coefficient (Wildman–Crippen LogP) is 4.39. The second-order valence-corrected chi connectivity index (χ2v) is 10.2. The summed E-state index contributed by atoms with van der Waals surface area (Å²) >= 11 is 0. The number of nitrogens with one attached hydrogen (secondary N) is 1. The number of aromatic amines is 1. The standard InChI is InChI=1S/C25H28N2O3/c1-25(2)16-11-14-9-6-10-17-18(14)15(12-26-17)19(16)21-23(29)20(24(30)27(21)25)22(28)13-7-4-3-5-8-13/h6,9-10,12-13,16,19,21,26,28H,3-5,7-8,11H2,1-2H3/b22-20-/t16-,19+,21+/m1/s1. The molecule has 0 bridgehead atoms. The monoisotopic (exact) mass is 404 g/mol. The van der Waals surface area contributed by atoms with Gasteiger partial charge in [-0.25, -0.2) is 0 Å². The molecule has 3 atom stereocenters. The molecule has 0 radical (unpaired) electrons.